The molecule has 1 saturated carbocycles. The van der Waals surface area contributed by atoms with E-state index in [1.165, 1.54) is 37.7 Å². The first-order valence-corrected chi connectivity index (χ1v) is 9.05. The Morgan fingerprint density at radius 2 is 1.96 bits per heavy atom. The minimum absolute atomic E-state index is 0.213. The monoisotopic (exact) mass is 333 g/mol. The molecule has 0 radical (unpaired) electrons. The van der Waals surface area contributed by atoms with Gasteiger partial charge in [-0.15, -0.1) is 21.6 Å². The van der Waals surface area contributed by atoms with Gasteiger partial charge >= 0.3 is 0 Å². The van der Waals surface area contributed by atoms with Crippen molar-refractivity contribution in [2.75, 3.05) is 0 Å². The molecule has 2 aromatic carbocycles. The Balaban J connectivity index is 1.77. The molecule has 1 aliphatic rings. The van der Waals surface area contributed by atoms with Gasteiger partial charge in [-0.25, -0.2) is 0 Å². The number of phenolic OH excluding ortho intramolecular Hbond substituents is 1. The van der Waals surface area contributed by atoms with Gasteiger partial charge in [0.05, 0.1) is 0 Å². The molecule has 4 heteroatoms. The van der Waals surface area contributed by atoms with E-state index < -0.39 is 0 Å². The quantitative estimate of drug-likeness (QED) is 0.691. The van der Waals surface area contributed by atoms with Crippen LogP contribution >= 0.6 is 0 Å². The number of phenols is 1. The van der Waals surface area contributed by atoms with E-state index in [0.717, 1.165) is 23.0 Å². The molecule has 0 spiro atoms. The van der Waals surface area contributed by atoms with Gasteiger partial charge in [0.15, 0.2) is 0 Å². The zero-order chi connectivity index (χ0) is 17.2. The second-order valence-electron chi connectivity index (χ2n) is 6.85. The third-order valence-corrected chi connectivity index (χ3v) is 5.15. The highest BCUT2D eigenvalue weighted by molar-refractivity contribution is 5.78. The number of fused-ring (bicyclic) bond motifs is 1. The predicted molar refractivity (Wildman–Crippen MR) is 100 cm³/mol. The Hall–Kier alpha value is -2.62. The van der Waals surface area contributed by atoms with Gasteiger partial charge in [0, 0.05) is 0 Å². The second-order valence-corrected chi connectivity index (χ2v) is 6.85. The lowest BCUT2D eigenvalue weighted by molar-refractivity contribution is 0.440. The van der Waals surface area contributed by atoms with Crippen LogP contribution in [0.3, 0.4) is 0 Å². The fourth-order valence-corrected chi connectivity index (χ4v) is 3.81. The first-order chi connectivity index (χ1) is 12.3. The van der Waals surface area contributed by atoms with Gasteiger partial charge in [-0.1, -0.05) is 43.5 Å². The first kappa shape index (κ1) is 15.9. The summed E-state index contributed by atoms with van der Waals surface area (Å²) in [6.07, 6.45) is 8.98. The minimum Gasteiger partial charge on any atom is -0.506 e. The lowest BCUT2D eigenvalue weighted by atomic mass is 9.84. The summed E-state index contributed by atoms with van der Waals surface area (Å²) in [5.41, 5.74) is 4.73. The zero-order valence-electron chi connectivity index (χ0n) is 14.4. The van der Waals surface area contributed by atoms with Crippen LogP contribution in [0.15, 0.2) is 49.1 Å². The molecule has 4 rings (SSSR count). The molecule has 128 valence electrons. The number of nitrogens with zero attached hydrogens (tertiary/aromatic N) is 3. The van der Waals surface area contributed by atoms with Crippen LogP contribution in [0.25, 0.3) is 16.7 Å². The maximum atomic E-state index is 10.4. The average Bonchev–Trinajstić information content (AvgIpc) is 3.08. The maximum absolute atomic E-state index is 10.4. The molecule has 25 heavy (non-hydrogen) atoms. The molecule has 3 aromatic rings. The van der Waals surface area contributed by atoms with E-state index in [2.05, 4.69) is 22.8 Å². The molecule has 0 amide bonds. The van der Waals surface area contributed by atoms with Crippen LogP contribution in [0.2, 0.25) is 0 Å². The van der Waals surface area contributed by atoms with Crippen molar-refractivity contribution >= 4 is 11.0 Å². The van der Waals surface area contributed by atoms with Crippen molar-refractivity contribution in [2.45, 2.75) is 44.4 Å². The molecule has 0 aliphatic heterocycles. The average molecular weight is 333 g/mol. The molecule has 1 N–H and O–H groups in total. The number of hydrogen-bond donors (Lipinski definition) is 1. The zero-order valence-corrected chi connectivity index (χ0v) is 14.4. The molecular formula is C21H23N3O. The largest absolute Gasteiger partial charge is 0.506 e. The van der Waals surface area contributed by atoms with Crippen molar-refractivity contribution in [3.8, 4) is 11.4 Å². The standard InChI is InChI=1S/C21H23N3O/c1-2-7-16-10-6-11-18-21(16)23-24(22-18)19-14-17(12-13-20(19)25)15-8-4-3-5-9-15/h2,6,10-15,25H,1,3-5,7-9H2. The lowest BCUT2D eigenvalue weighted by Crippen LogP contribution is -2.06. The van der Waals surface area contributed by atoms with Crippen LogP contribution in [0, 0.1) is 0 Å². The summed E-state index contributed by atoms with van der Waals surface area (Å²) in [6, 6.07) is 11.9. The van der Waals surface area contributed by atoms with E-state index in [4.69, 9.17) is 0 Å². The maximum Gasteiger partial charge on any atom is 0.143 e. The Morgan fingerprint density at radius 3 is 2.76 bits per heavy atom. The van der Waals surface area contributed by atoms with E-state index >= 15 is 0 Å². The van der Waals surface area contributed by atoms with Crippen LogP contribution in [-0.2, 0) is 6.42 Å². The summed E-state index contributed by atoms with van der Waals surface area (Å²) in [7, 11) is 0. The molecule has 1 fully saturated rings. The normalized spacial score (nSPS) is 15.5. The van der Waals surface area contributed by atoms with Gasteiger partial charge in [0.1, 0.15) is 22.5 Å². The van der Waals surface area contributed by atoms with Crippen LogP contribution in [0.5, 0.6) is 5.75 Å². The van der Waals surface area contributed by atoms with E-state index in [-0.39, 0.29) is 5.75 Å². The SMILES string of the molecule is C=CCc1cccc2nn(-c3cc(C4CCCCC4)ccc3O)nc12. The summed E-state index contributed by atoms with van der Waals surface area (Å²) in [5.74, 6) is 0.791. The van der Waals surface area contributed by atoms with Gasteiger partial charge in [-0.05, 0) is 54.5 Å². The molecule has 0 atom stereocenters. The number of aromatic hydroxyl groups is 1. The summed E-state index contributed by atoms with van der Waals surface area (Å²) in [4.78, 5) is 1.57. The Bertz CT molecular complexity index is 907. The Morgan fingerprint density at radius 1 is 1.12 bits per heavy atom. The van der Waals surface area contributed by atoms with Crippen molar-refractivity contribution in [3.05, 3.63) is 60.2 Å². The smallest absolute Gasteiger partial charge is 0.143 e. The molecule has 1 aromatic heterocycles. The molecule has 0 saturated heterocycles. The highest BCUT2D eigenvalue weighted by atomic mass is 16.3. The summed E-state index contributed by atoms with van der Waals surface area (Å²) < 4.78 is 0. The third-order valence-electron chi connectivity index (χ3n) is 5.15. The number of rotatable bonds is 4. The Kier molecular flexibility index (Phi) is 4.26. The number of aromatic nitrogens is 3. The second kappa shape index (κ2) is 6.71. The van der Waals surface area contributed by atoms with Crippen LogP contribution in [0.1, 0.15) is 49.1 Å². The lowest BCUT2D eigenvalue weighted by Gasteiger charge is -2.22. The number of hydrogen-bond acceptors (Lipinski definition) is 3. The number of allylic oxidation sites excluding steroid dienone is 1. The van der Waals surface area contributed by atoms with Crippen LogP contribution in [0.4, 0.5) is 0 Å². The third kappa shape index (κ3) is 3.04. The van der Waals surface area contributed by atoms with Crippen molar-refractivity contribution in [2.24, 2.45) is 0 Å². The van der Waals surface area contributed by atoms with E-state index in [0.29, 0.717) is 11.6 Å². The summed E-state index contributed by atoms with van der Waals surface area (Å²) in [5, 5.41) is 19.6. The first-order valence-electron chi connectivity index (χ1n) is 9.05. The Labute approximate surface area is 147 Å². The van der Waals surface area contributed by atoms with Gasteiger partial charge in [-0.3, -0.25) is 0 Å². The van der Waals surface area contributed by atoms with Gasteiger partial charge in [0.25, 0.3) is 0 Å². The predicted octanol–water partition coefficient (Wildman–Crippen LogP) is 4.90. The fraction of sp³-hybridized carbons (Fsp3) is 0.333. The summed E-state index contributed by atoms with van der Waals surface area (Å²) >= 11 is 0. The van der Waals surface area contributed by atoms with E-state index in [1.807, 2.05) is 30.3 Å². The molecule has 1 heterocycles. The molecule has 0 bridgehead atoms. The van der Waals surface area contributed by atoms with Crippen molar-refractivity contribution in [1.29, 1.82) is 0 Å². The minimum atomic E-state index is 0.213. The van der Waals surface area contributed by atoms with Gasteiger partial charge in [-0.2, -0.15) is 0 Å². The van der Waals surface area contributed by atoms with E-state index in [9.17, 15) is 5.11 Å². The van der Waals surface area contributed by atoms with Crippen LogP contribution < -0.4 is 0 Å². The summed E-state index contributed by atoms with van der Waals surface area (Å²) in [6.45, 7) is 3.81. The topological polar surface area (TPSA) is 50.9 Å². The molecule has 0 unspecified atom stereocenters. The molecular weight excluding hydrogens is 310 g/mol. The van der Waals surface area contributed by atoms with Gasteiger partial charge < -0.3 is 5.11 Å². The van der Waals surface area contributed by atoms with Gasteiger partial charge in [0.2, 0.25) is 0 Å². The fourth-order valence-electron chi connectivity index (χ4n) is 3.81. The van der Waals surface area contributed by atoms with Crippen molar-refractivity contribution < 1.29 is 5.11 Å². The van der Waals surface area contributed by atoms with Crippen molar-refractivity contribution in [3.63, 3.8) is 0 Å². The molecule has 4 nitrogen and oxygen atoms in total. The highest BCUT2D eigenvalue weighted by Crippen LogP contribution is 2.35. The molecule has 1 aliphatic carbocycles. The highest BCUT2D eigenvalue weighted by Gasteiger charge is 2.18. The van der Waals surface area contributed by atoms with Crippen LogP contribution in [-0.4, -0.2) is 20.1 Å². The number of benzene rings is 2. The van der Waals surface area contributed by atoms with Crippen molar-refractivity contribution in [1.82, 2.24) is 15.0 Å². The van der Waals surface area contributed by atoms with E-state index in [1.54, 1.807) is 10.9 Å².